The minimum Gasteiger partial charge on any atom is -0.394 e. The Morgan fingerprint density at radius 3 is 1.51 bits per heavy atom. The lowest BCUT2D eigenvalue weighted by atomic mass is 9.97. The van der Waals surface area contributed by atoms with E-state index in [4.69, 9.17) is 18.9 Å². The van der Waals surface area contributed by atoms with Gasteiger partial charge in [-0.2, -0.15) is 0 Å². The second-order valence-corrected chi connectivity index (χ2v) is 18.6. The Balaban J connectivity index is 1.66. The monoisotopic (exact) mass is 1010 g/mol. The van der Waals surface area contributed by atoms with Gasteiger partial charge in [0.2, 0.25) is 5.91 Å². The Bertz CT molecular complexity index is 1620. The first-order chi connectivity index (χ1) is 35.1. The Hall–Kier alpha value is -3.35. The van der Waals surface area contributed by atoms with Gasteiger partial charge in [0.25, 0.3) is 0 Å². The number of ether oxygens (including phenoxy) is 4. The summed E-state index contributed by atoms with van der Waals surface area (Å²) in [5, 5.41) is 86.4. The number of nitrogens with one attached hydrogen (secondary N) is 1. The molecule has 2 fully saturated rings. The van der Waals surface area contributed by atoms with Crippen LogP contribution in [0.1, 0.15) is 155 Å². The minimum atomic E-state index is -1.79. The molecule has 0 spiro atoms. The van der Waals surface area contributed by atoms with Crippen LogP contribution in [0.15, 0.2) is 109 Å². The van der Waals surface area contributed by atoms with Gasteiger partial charge in [0, 0.05) is 6.42 Å². The van der Waals surface area contributed by atoms with E-state index in [0.29, 0.717) is 12.8 Å². The molecule has 0 bridgehead atoms. The summed E-state index contributed by atoms with van der Waals surface area (Å²) in [6, 6.07) is -0.939. The molecule has 2 rings (SSSR count). The molecule has 12 unspecified atom stereocenters. The van der Waals surface area contributed by atoms with Crippen LogP contribution in [0.2, 0.25) is 0 Å². The normalized spacial score (nSPS) is 26.5. The second-order valence-electron chi connectivity index (χ2n) is 18.6. The van der Waals surface area contributed by atoms with Crippen molar-refractivity contribution in [2.24, 2.45) is 0 Å². The number of hydrogen-bond donors (Lipinski definition) is 9. The fourth-order valence-electron chi connectivity index (χ4n) is 8.06. The Morgan fingerprint density at radius 2 is 0.972 bits per heavy atom. The molecular weight excluding hydrogens is 919 g/mol. The predicted molar refractivity (Wildman–Crippen MR) is 285 cm³/mol. The summed E-state index contributed by atoms with van der Waals surface area (Å²) in [5.41, 5.74) is 0. The first kappa shape index (κ1) is 64.8. The van der Waals surface area contributed by atoms with E-state index in [2.05, 4.69) is 116 Å². The van der Waals surface area contributed by atoms with Crippen LogP contribution in [0.25, 0.3) is 0 Å². The Morgan fingerprint density at radius 1 is 0.514 bits per heavy atom. The summed E-state index contributed by atoms with van der Waals surface area (Å²) in [6.07, 6.45) is 43.2. The smallest absolute Gasteiger partial charge is 0.220 e. The third-order valence-electron chi connectivity index (χ3n) is 12.4. The highest BCUT2D eigenvalue weighted by molar-refractivity contribution is 5.76. The highest BCUT2D eigenvalue weighted by Gasteiger charge is 2.51. The van der Waals surface area contributed by atoms with Crippen LogP contribution >= 0.6 is 0 Å². The fourth-order valence-corrected chi connectivity index (χ4v) is 8.06. The van der Waals surface area contributed by atoms with Gasteiger partial charge in [-0.15, -0.1) is 0 Å². The van der Waals surface area contributed by atoms with E-state index >= 15 is 0 Å². The van der Waals surface area contributed by atoms with Crippen LogP contribution in [-0.4, -0.2) is 140 Å². The van der Waals surface area contributed by atoms with E-state index in [1.807, 2.05) is 6.08 Å². The number of carbonyl (C=O) groups is 1. The number of hydrogen-bond acceptors (Lipinski definition) is 13. The van der Waals surface area contributed by atoms with E-state index < -0.39 is 86.8 Å². The van der Waals surface area contributed by atoms with Crippen molar-refractivity contribution in [2.45, 2.75) is 229 Å². The van der Waals surface area contributed by atoms with Crippen LogP contribution in [0, 0.1) is 0 Å². The number of aliphatic hydroxyl groups excluding tert-OH is 8. The van der Waals surface area contributed by atoms with Gasteiger partial charge in [-0.1, -0.05) is 175 Å². The first-order valence-electron chi connectivity index (χ1n) is 27.1. The average molecular weight is 1010 g/mol. The standard InChI is InChI=1S/C58H95NO13/c1-3-5-7-9-11-12-13-14-15-16-17-18-19-20-21-22-23-24-25-26-27-28-29-30-31-32-33-34-36-38-40-42-50(63)59-46(47(62)41-39-37-35-10-8-6-4-2)45-69-57-55(68)53(66)56(49(44-61)71-57)72-58-54(67)52(65)51(64)48(43-60)70-58/h5,7-8,10-12,14-15,17-18,20-21,23-24,26-27,39,41,46-49,51-58,60-62,64-68H,3-4,6,9,13,16,19,22,25,28-38,40,42-45H2,1-2H3,(H,59,63)/b7-5-,10-8+,12-11-,15-14-,18-17-,21-20-,24-23-,27-26-,41-39+. The van der Waals surface area contributed by atoms with Gasteiger partial charge in [-0.25, -0.2) is 0 Å². The average Bonchev–Trinajstić information content (AvgIpc) is 3.38. The molecule has 14 heteroatoms. The molecule has 12 atom stereocenters. The van der Waals surface area contributed by atoms with E-state index in [9.17, 15) is 45.6 Å². The number of unbranched alkanes of at least 4 members (excludes halogenated alkanes) is 11. The molecule has 2 aliphatic rings. The zero-order valence-electron chi connectivity index (χ0n) is 43.6. The molecule has 2 saturated heterocycles. The lowest BCUT2D eigenvalue weighted by Gasteiger charge is -2.46. The van der Waals surface area contributed by atoms with Gasteiger partial charge in [-0.3, -0.25) is 4.79 Å². The first-order valence-corrected chi connectivity index (χ1v) is 27.1. The molecule has 1 amide bonds. The largest absolute Gasteiger partial charge is 0.394 e. The molecule has 9 N–H and O–H groups in total. The lowest BCUT2D eigenvalue weighted by molar-refractivity contribution is -0.359. The number of allylic oxidation sites excluding steroid dienone is 17. The van der Waals surface area contributed by atoms with E-state index in [-0.39, 0.29) is 18.9 Å². The van der Waals surface area contributed by atoms with Gasteiger partial charge in [0.1, 0.15) is 48.8 Å². The Labute approximate surface area is 432 Å². The molecule has 0 aromatic rings. The summed E-state index contributed by atoms with van der Waals surface area (Å²) in [5.74, 6) is -0.267. The van der Waals surface area contributed by atoms with E-state index in [0.717, 1.165) is 89.9 Å². The number of carbonyl (C=O) groups excluding carboxylic acids is 1. The highest BCUT2D eigenvalue weighted by Crippen LogP contribution is 2.30. The summed E-state index contributed by atoms with van der Waals surface area (Å²) >= 11 is 0. The molecule has 0 aromatic carbocycles. The van der Waals surface area contributed by atoms with Crippen LogP contribution in [0.4, 0.5) is 0 Å². The topological polar surface area (TPSA) is 228 Å². The van der Waals surface area contributed by atoms with Crippen LogP contribution in [0.5, 0.6) is 0 Å². The van der Waals surface area contributed by atoms with Gasteiger partial charge in [-0.05, 0) is 83.5 Å². The summed E-state index contributed by atoms with van der Waals surface area (Å²) in [6.45, 7) is 2.50. The van der Waals surface area contributed by atoms with Crippen molar-refractivity contribution in [3.05, 3.63) is 109 Å². The molecule has 0 saturated carbocycles. The quantitative estimate of drug-likeness (QED) is 0.0209. The summed E-state index contributed by atoms with van der Waals surface area (Å²) in [7, 11) is 0. The van der Waals surface area contributed by atoms with Crippen molar-refractivity contribution in [3.8, 4) is 0 Å². The second kappa shape index (κ2) is 42.9. The molecular formula is C58H95NO13. The molecule has 72 heavy (non-hydrogen) atoms. The zero-order valence-corrected chi connectivity index (χ0v) is 43.6. The number of aliphatic hydroxyl groups is 8. The van der Waals surface area contributed by atoms with Gasteiger partial charge < -0.3 is 65.1 Å². The third-order valence-corrected chi connectivity index (χ3v) is 12.4. The number of amides is 1. The van der Waals surface area contributed by atoms with Crippen molar-refractivity contribution in [1.82, 2.24) is 5.32 Å². The van der Waals surface area contributed by atoms with Crippen molar-refractivity contribution >= 4 is 5.91 Å². The van der Waals surface area contributed by atoms with Crippen molar-refractivity contribution in [2.75, 3.05) is 19.8 Å². The van der Waals surface area contributed by atoms with Crippen molar-refractivity contribution < 1.29 is 64.6 Å². The molecule has 2 aliphatic heterocycles. The van der Waals surface area contributed by atoms with Crippen LogP contribution in [-0.2, 0) is 23.7 Å². The van der Waals surface area contributed by atoms with Crippen LogP contribution in [0.3, 0.4) is 0 Å². The minimum absolute atomic E-state index is 0.258. The van der Waals surface area contributed by atoms with Gasteiger partial charge in [0.15, 0.2) is 12.6 Å². The molecule has 0 radical (unpaired) electrons. The lowest BCUT2D eigenvalue weighted by Crippen LogP contribution is -2.65. The van der Waals surface area contributed by atoms with Crippen molar-refractivity contribution in [1.29, 1.82) is 0 Å². The molecule has 0 aliphatic carbocycles. The zero-order chi connectivity index (χ0) is 52.4. The SMILES string of the molecule is CC/C=C\C/C=C\C/C=C\C/C=C\C/C=C\C/C=C\C/C=C\CCCCCCCCCCCC(=O)NC(COC1OC(CO)C(OC2OC(CO)C(O)C(O)C2O)C(O)C1O)C(O)/C=C/CC/C=C/CCC. The fraction of sp³-hybridized carbons (Fsp3) is 0.672. The Kier molecular flexibility index (Phi) is 38.6. The maximum atomic E-state index is 13.1. The predicted octanol–water partition coefficient (Wildman–Crippen LogP) is 8.10. The maximum absolute atomic E-state index is 13.1. The summed E-state index contributed by atoms with van der Waals surface area (Å²) < 4.78 is 22.6. The van der Waals surface area contributed by atoms with Gasteiger partial charge in [0.05, 0.1) is 32.0 Å². The molecule has 14 nitrogen and oxygen atoms in total. The molecule has 410 valence electrons. The van der Waals surface area contributed by atoms with Gasteiger partial charge >= 0.3 is 0 Å². The maximum Gasteiger partial charge on any atom is 0.220 e. The molecule has 2 heterocycles. The van der Waals surface area contributed by atoms with E-state index in [1.165, 1.54) is 32.1 Å². The van der Waals surface area contributed by atoms with Crippen molar-refractivity contribution in [3.63, 3.8) is 0 Å². The number of rotatable bonds is 40. The highest BCUT2D eigenvalue weighted by atomic mass is 16.7. The summed E-state index contributed by atoms with van der Waals surface area (Å²) in [4.78, 5) is 13.1. The molecule has 0 aromatic heterocycles. The van der Waals surface area contributed by atoms with Crippen LogP contribution < -0.4 is 5.32 Å². The van der Waals surface area contributed by atoms with E-state index in [1.54, 1.807) is 6.08 Å². The third kappa shape index (κ3) is 28.9.